The topological polar surface area (TPSA) is 163 Å². The van der Waals surface area contributed by atoms with Crippen LogP contribution in [0.25, 0.3) is 10.8 Å². The first-order valence-corrected chi connectivity index (χ1v) is 23.8. The van der Waals surface area contributed by atoms with Gasteiger partial charge in [0.15, 0.2) is 0 Å². The molecule has 6 atom stereocenters. The third kappa shape index (κ3) is 10.2. The van der Waals surface area contributed by atoms with Crippen molar-refractivity contribution < 1.29 is 38.9 Å². The summed E-state index contributed by atoms with van der Waals surface area (Å²) < 4.78 is 20.7. The average Bonchev–Trinajstić information content (AvgIpc) is 3.37. The van der Waals surface area contributed by atoms with Gasteiger partial charge < -0.3 is 39.5 Å². The van der Waals surface area contributed by atoms with Crippen LogP contribution >= 0.6 is 0 Å². The molecule has 2 aliphatic carbocycles. The number of amides is 2. The van der Waals surface area contributed by atoms with E-state index in [-0.39, 0.29) is 63.0 Å². The number of oxime groups is 1. The van der Waals surface area contributed by atoms with Gasteiger partial charge in [-0.3, -0.25) is 4.79 Å². The molecule has 0 unspecified atom stereocenters. The molecular weight excluding hydrogens is 857 g/mol. The molecule has 1 aliphatic heterocycles. The molecular formula is C56H60N4O8. The highest BCUT2D eigenvalue weighted by molar-refractivity contribution is 6.03. The van der Waals surface area contributed by atoms with Crippen molar-refractivity contribution in [2.75, 3.05) is 26.4 Å². The maximum atomic E-state index is 15.5. The van der Waals surface area contributed by atoms with Crippen molar-refractivity contribution in [3.63, 3.8) is 0 Å². The summed E-state index contributed by atoms with van der Waals surface area (Å²) in [6, 6.07) is 37.3. The number of carbonyl (C=O) groups is 2. The molecule has 3 N–H and O–H groups in total. The number of fused-ring (bicyclic) bond motifs is 3. The van der Waals surface area contributed by atoms with Crippen molar-refractivity contribution in [3.05, 3.63) is 167 Å². The predicted molar refractivity (Wildman–Crippen MR) is 261 cm³/mol. The van der Waals surface area contributed by atoms with Gasteiger partial charge in [0.1, 0.15) is 24.1 Å². The number of nitrogens with zero attached hydrogens (tertiary/aromatic N) is 3. The molecule has 1 heterocycles. The summed E-state index contributed by atoms with van der Waals surface area (Å²) in [6.45, 7) is 6.94. The fourth-order valence-corrected chi connectivity index (χ4v) is 10.6. The third-order valence-corrected chi connectivity index (χ3v) is 13.6. The van der Waals surface area contributed by atoms with Crippen molar-refractivity contribution in [3.8, 4) is 17.6 Å². The first-order valence-electron chi connectivity index (χ1n) is 23.8. The van der Waals surface area contributed by atoms with Crippen molar-refractivity contribution in [1.29, 1.82) is 5.26 Å². The van der Waals surface area contributed by atoms with Crippen LogP contribution in [0, 0.1) is 29.1 Å². The van der Waals surface area contributed by atoms with Gasteiger partial charge in [-0.2, -0.15) is 5.26 Å². The summed E-state index contributed by atoms with van der Waals surface area (Å²) in [4.78, 5) is 36.7. The van der Waals surface area contributed by atoms with Crippen molar-refractivity contribution in [2.24, 2.45) is 22.9 Å². The molecule has 2 amide bonds. The van der Waals surface area contributed by atoms with Crippen molar-refractivity contribution in [1.82, 2.24) is 10.2 Å². The second-order valence-electron chi connectivity index (χ2n) is 17.7. The maximum absolute atomic E-state index is 15.5. The first-order chi connectivity index (χ1) is 33.3. The second kappa shape index (κ2) is 22.3. The summed E-state index contributed by atoms with van der Waals surface area (Å²) >= 11 is 0. The van der Waals surface area contributed by atoms with Gasteiger partial charge in [0, 0.05) is 49.8 Å². The quantitative estimate of drug-likeness (QED) is 0.0392. The Morgan fingerprint density at radius 1 is 0.941 bits per heavy atom. The molecule has 352 valence electrons. The minimum Gasteiger partial charge on any atom is -0.459 e. The summed E-state index contributed by atoms with van der Waals surface area (Å²) in [5.41, 5.74) is 5.06. The molecule has 1 fully saturated rings. The van der Waals surface area contributed by atoms with Crippen LogP contribution in [0.1, 0.15) is 90.4 Å². The van der Waals surface area contributed by atoms with E-state index < -0.39 is 23.8 Å². The van der Waals surface area contributed by atoms with Crippen molar-refractivity contribution >= 4 is 28.5 Å². The Balaban J connectivity index is 1.33. The number of benzene rings is 5. The smallest absolute Gasteiger partial charge is 0.412 e. The number of aliphatic hydroxyl groups is 2. The monoisotopic (exact) mass is 916 g/mol. The Bertz CT molecular complexity index is 2660. The molecule has 5 aromatic carbocycles. The Morgan fingerprint density at radius 3 is 2.44 bits per heavy atom. The van der Waals surface area contributed by atoms with Gasteiger partial charge >= 0.3 is 6.09 Å². The SMILES string of the molecule is C=CCO[C@@]12Oc3ccc(OC(=O)NCc4ccccc4)cc3[C@H]3[C@H](CCCCO)[C@@H](CCCCO)C=C(C(=NOCC)C[C@@H]1N(Cc1cccc4ccccc14)C(=O)c1ccc(C#N)cc1)[C@H]32. The number of aliphatic hydroxyl groups excluding tert-OH is 2. The van der Waals surface area contributed by atoms with Crippen LogP contribution in [0.2, 0.25) is 0 Å². The van der Waals surface area contributed by atoms with Gasteiger partial charge in [0.05, 0.1) is 29.9 Å². The van der Waals surface area contributed by atoms with E-state index in [4.69, 9.17) is 24.2 Å². The summed E-state index contributed by atoms with van der Waals surface area (Å²) in [5.74, 6) is -1.90. The predicted octanol–water partition coefficient (Wildman–Crippen LogP) is 10.00. The highest BCUT2D eigenvalue weighted by Crippen LogP contribution is 2.62. The van der Waals surface area contributed by atoms with Crippen LogP contribution in [-0.4, -0.2) is 71.1 Å². The normalized spacial score (nSPS) is 21.9. The van der Waals surface area contributed by atoms with Crippen LogP contribution in [0.4, 0.5) is 4.79 Å². The van der Waals surface area contributed by atoms with Gasteiger partial charge in [0.2, 0.25) is 5.79 Å². The molecule has 12 nitrogen and oxygen atoms in total. The summed E-state index contributed by atoms with van der Waals surface area (Å²) in [6.07, 6.45) is 7.88. The molecule has 0 radical (unpaired) electrons. The van der Waals surface area contributed by atoms with Crippen LogP contribution in [0.3, 0.4) is 0 Å². The number of hydrogen-bond acceptors (Lipinski definition) is 10. The fourth-order valence-electron chi connectivity index (χ4n) is 10.6. The van der Waals surface area contributed by atoms with Gasteiger partial charge in [-0.1, -0.05) is 103 Å². The Morgan fingerprint density at radius 2 is 1.69 bits per heavy atom. The Labute approximate surface area is 398 Å². The van der Waals surface area contributed by atoms with Crippen LogP contribution in [0.15, 0.2) is 145 Å². The Hall–Kier alpha value is -6.78. The molecule has 68 heavy (non-hydrogen) atoms. The lowest BCUT2D eigenvalue weighted by atomic mass is 9.55. The third-order valence-electron chi connectivity index (χ3n) is 13.6. The lowest BCUT2D eigenvalue weighted by Gasteiger charge is -2.60. The number of ether oxygens (including phenoxy) is 3. The zero-order chi connectivity index (χ0) is 47.5. The van der Waals surface area contributed by atoms with E-state index in [0.717, 1.165) is 58.7 Å². The zero-order valence-corrected chi connectivity index (χ0v) is 38.6. The van der Waals surface area contributed by atoms with Crippen molar-refractivity contribution in [2.45, 2.75) is 82.7 Å². The maximum Gasteiger partial charge on any atom is 0.412 e. The molecule has 0 saturated heterocycles. The van der Waals surface area contributed by atoms with E-state index in [1.165, 1.54) is 0 Å². The first kappa shape index (κ1) is 47.7. The lowest BCUT2D eigenvalue weighted by Crippen LogP contribution is -2.70. The van der Waals surface area contributed by atoms with Crippen LogP contribution < -0.4 is 14.8 Å². The number of carbonyl (C=O) groups excluding carboxylic acids is 2. The number of nitrogens with one attached hydrogen (secondary N) is 1. The summed E-state index contributed by atoms with van der Waals surface area (Å²) in [5, 5.41) is 39.5. The van der Waals surface area contributed by atoms with E-state index in [1.54, 1.807) is 36.4 Å². The number of nitriles is 1. The van der Waals surface area contributed by atoms with Crippen LogP contribution in [0.5, 0.6) is 11.5 Å². The van der Waals surface area contributed by atoms with E-state index in [2.05, 4.69) is 42.2 Å². The minimum absolute atomic E-state index is 0.00809. The number of rotatable bonds is 20. The molecule has 0 aromatic heterocycles. The van der Waals surface area contributed by atoms with Gasteiger partial charge in [-0.15, -0.1) is 6.58 Å². The summed E-state index contributed by atoms with van der Waals surface area (Å²) in [7, 11) is 0. The van der Waals surface area contributed by atoms with E-state index in [9.17, 15) is 20.3 Å². The molecule has 0 bridgehead atoms. The molecule has 0 spiro atoms. The standard InChI is InChI=1S/C56H60N4O8/c1-3-31-65-56-51(60(54(63)41-25-23-38(35-57)24-26-41)37-43-20-14-19-40-17-8-9-21-45(40)43)34-49(59-66-4-2)47-32-42(18-10-12-29-61)46(22-11-13-30-62)52(53(47)56)48-33-44(27-28-50(48)68-56)67-55(64)58-36-39-15-6-5-7-16-39/h3,5-9,14-17,19-21,23-28,32-33,42,46,51-53,61-62H,1,4,10-13,18,22,29-31,34,36-37H2,2H3,(H,58,64)/t42-,46+,51-,52+,53+,56+/m0/s1. The fraction of sp³-hybridized carbons (Fsp3) is 0.357. The lowest BCUT2D eigenvalue weighted by molar-refractivity contribution is -0.255. The number of hydrogen-bond donors (Lipinski definition) is 3. The largest absolute Gasteiger partial charge is 0.459 e. The molecule has 5 aromatic rings. The Kier molecular flexibility index (Phi) is 15.7. The van der Waals surface area contributed by atoms with E-state index in [0.29, 0.717) is 47.8 Å². The highest BCUT2D eigenvalue weighted by atomic mass is 16.7. The minimum atomic E-state index is -1.53. The van der Waals surface area contributed by atoms with E-state index >= 15 is 4.79 Å². The van der Waals surface area contributed by atoms with Gasteiger partial charge in [-0.05, 0) is 114 Å². The number of allylic oxidation sites excluding steroid dienone is 1. The van der Waals surface area contributed by atoms with Gasteiger partial charge in [0.25, 0.3) is 5.91 Å². The van der Waals surface area contributed by atoms with Gasteiger partial charge in [-0.25, -0.2) is 4.79 Å². The van der Waals surface area contributed by atoms with Crippen LogP contribution in [-0.2, 0) is 22.7 Å². The highest BCUT2D eigenvalue weighted by Gasteiger charge is 2.65. The molecule has 8 rings (SSSR count). The molecule has 3 aliphatic rings. The molecule has 1 saturated carbocycles. The molecule has 12 heteroatoms. The second-order valence-corrected chi connectivity index (χ2v) is 17.7. The average molecular weight is 917 g/mol. The van der Waals surface area contributed by atoms with E-state index in [1.807, 2.05) is 78.6 Å². The number of unbranched alkanes of at least 4 members (excludes halogenated alkanes) is 2. The zero-order valence-electron chi connectivity index (χ0n) is 38.6.